The smallest absolute Gasteiger partial charge is 0.408 e. The van der Waals surface area contributed by atoms with Gasteiger partial charge >= 0.3 is 18.2 Å². The molecule has 0 aromatic rings. The van der Waals surface area contributed by atoms with Crippen molar-refractivity contribution in [3.63, 3.8) is 0 Å². The van der Waals surface area contributed by atoms with Crippen LogP contribution in [0, 0.1) is 0 Å². The number of nitrogens with one attached hydrogen (secondary N) is 1. The van der Waals surface area contributed by atoms with Gasteiger partial charge < -0.3 is 15.2 Å². The topological polar surface area (TPSA) is 75.6 Å². The lowest BCUT2D eigenvalue weighted by molar-refractivity contribution is -0.157. The summed E-state index contributed by atoms with van der Waals surface area (Å²) < 4.78 is 39.7. The summed E-state index contributed by atoms with van der Waals surface area (Å²) in [7, 11) is 0. The van der Waals surface area contributed by atoms with Crippen molar-refractivity contribution in [1.82, 2.24) is 5.32 Å². The first kappa shape index (κ1) is 10.6. The Balaban J connectivity index is 2.67. The quantitative estimate of drug-likeness (QED) is 0.700. The van der Waals surface area contributed by atoms with Gasteiger partial charge in [0, 0.05) is 0 Å². The molecule has 1 aliphatic heterocycles. The van der Waals surface area contributed by atoms with Crippen molar-refractivity contribution < 1.29 is 32.6 Å². The number of alkyl halides is 3. The molecule has 1 amide bonds. The van der Waals surface area contributed by atoms with E-state index in [1.54, 1.807) is 5.32 Å². The fourth-order valence-corrected chi connectivity index (χ4v) is 1.07. The second-order valence-electron chi connectivity index (χ2n) is 2.72. The maximum Gasteiger partial charge on any atom is 0.408 e. The van der Waals surface area contributed by atoms with Crippen LogP contribution in [0.2, 0.25) is 0 Å². The zero-order chi connectivity index (χ0) is 10.9. The van der Waals surface area contributed by atoms with E-state index in [4.69, 9.17) is 5.11 Å². The summed E-state index contributed by atoms with van der Waals surface area (Å²) in [5.41, 5.74) is 0. The van der Waals surface area contributed by atoms with Gasteiger partial charge in [0.25, 0.3) is 0 Å². The van der Waals surface area contributed by atoms with Crippen LogP contribution in [0.5, 0.6) is 0 Å². The molecule has 8 heteroatoms. The van der Waals surface area contributed by atoms with Crippen LogP contribution in [-0.4, -0.2) is 35.5 Å². The number of rotatable bonds is 2. The minimum atomic E-state index is -4.56. The third kappa shape index (κ3) is 2.51. The number of ether oxygens (including phenoxy) is 1. The van der Waals surface area contributed by atoms with E-state index in [2.05, 4.69) is 4.74 Å². The molecule has 0 aromatic carbocycles. The van der Waals surface area contributed by atoms with Crippen molar-refractivity contribution in [1.29, 1.82) is 0 Å². The Morgan fingerprint density at radius 1 is 1.57 bits per heavy atom. The second-order valence-corrected chi connectivity index (χ2v) is 2.72. The van der Waals surface area contributed by atoms with Crippen molar-refractivity contribution in [2.24, 2.45) is 0 Å². The Morgan fingerprint density at radius 3 is 2.57 bits per heavy atom. The number of halogens is 3. The molecule has 1 aliphatic rings. The average molecular weight is 213 g/mol. The number of aliphatic carboxylic acids is 1. The molecule has 1 saturated heterocycles. The summed E-state index contributed by atoms with van der Waals surface area (Å²) in [5, 5.41) is 10.2. The van der Waals surface area contributed by atoms with Crippen LogP contribution in [0.4, 0.5) is 18.0 Å². The first-order chi connectivity index (χ1) is 6.29. The Kier molecular flexibility index (Phi) is 2.54. The summed E-state index contributed by atoms with van der Waals surface area (Å²) in [6.45, 7) is 0. The molecule has 0 bridgehead atoms. The number of hydrogen-bond acceptors (Lipinski definition) is 3. The number of alkyl carbamates (subject to hydrolysis) is 1. The van der Waals surface area contributed by atoms with Crippen LogP contribution < -0.4 is 5.32 Å². The second kappa shape index (κ2) is 3.35. The molecule has 80 valence electrons. The third-order valence-electron chi connectivity index (χ3n) is 1.60. The lowest BCUT2D eigenvalue weighted by Crippen LogP contribution is -2.41. The predicted octanol–water partition coefficient (Wildman–Crippen LogP) is 0.500. The number of amides is 1. The highest BCUT2D eigenvalue weighted by atomic mass is 19.4. The Bertz CT molecular complexity index is 264. The number of carbonyl (C=O) groups excluding carboxylic acids is 1. The molecular formula is C6H6F3NO4. The van der Waals surface area contributed by atoms with Crippen LogP contribution in [0.3, 0.4) is 0 Å². The van der Waals surface area contributed by atoms with E-state index in [1.807, 2.05) is 0 Å². The van der Waals surface area contributed by atoms with E-state index in [1.165, 1.54) is 0 Å². The summed E-state index contributed by atoms with van der Waals surface area (Å²) >= 11 is 0. The molecule has 1 rings (SSSR count). The van der Waals surface area contributed by atoms with E-state index in [0.717, 1.165) is 0 Å². The van der Waals surface area contributed by atoms with Gasteiger partial charge in [-0.3, -0.25) is 0 Å². The van der Waals surface area contributed by atoms with Crippen LogP contribution in [-0.2, 0) is 9.53 Å². The molecule has 0 spiro atoms. The third-order valence-corrected chi connectivity index (χ3v) is 1.60. The fraction of sp³-hybridized carbons (Fsp3) is 0.667. The van der Waals surface area contributed by atoms with Crippen molar-refractivity contribution in [3.8, 4) is 0 Å². The molecule has 0 unspecified atom stereocenters. The fourth-order valence-electron chi connectivity index (χ4n) is 1.07. The Hall–Kier alpha value is -1.47. The van der Waals surface area contributed by atoms with Gasteiger partial charge in [-0.2, -0.15) is 13.2 Å². The molecular weight excluding hydrogens is 207 g/mol. The highest BCUT2D eigenvalue weighted by Gasteiger charge is 2.45. The van der Waals surface area contributed by atoms with Crippen LogP contribution in [0.15, 0.2) is 0 Å². The van der Waals surface area contributed by atoms with Crippen LogP contribution in [0.25, 0.3) is 0 Å². The highest BCUT2D eigenvalue weighted by Crippen LogP contribution is 2.26. The number of cyclic esters (lactones) is 1. The maximum atomic E-state index is 11.9. The van der Waals surface area contributed by atoms with Crippen LogP contribution >= 0.6 is 0 Å². The monoisotopic (exact) mass is 213 g/mol. The van der Waals surface area contributed by atoms with Gasteiger partial charge in [-0.25, -0.2) is 9.59 Å². The Labute approximate surface area is 75.8 Å². The molecule has 0 radical (unpaired) electrons. The Morgan fingerprint density at radius 2 is 2.14 bits per heavy atom. The molecule has 14 heavy (non-hydrogen) atoms. The molecule has 2 N–H and O–H groups in total. The van der Waals surface area contributed by atoms with Gasteiger partial charge in [0.2, 0.25) is 0 Å². The van der Waals surface area contributed by atoms with Crippen molar-refractivity contribution in [2.75, 3.05) is 0 Å². The SMILES string of the molecule is O=C1N[C@H](C(=O)O)[C@@H](CC(F)(F)F)O1. The van der Waals surface area contributed by atoms with Gasteiger partial charge in [0.1, 0.15) is 6.10 Å². The number of carboxylic acid groups (broad SMARTS) is 1. The molecule has 5 nitrogen and oxygen atoms in total. The molecule has 0 aliphatic carbocycles. The summed E-state index contributed by atoms with van der Waals surface area (Å²) in [5.74, 6) is -1.55. The lowest BCUT2D eigenvalue weighted by atomic mass is 10.1. The first-order valence-corrected chi connectivity index (χ1v) is 3.56. The van der Waals surface area contributed by atoms with E-state index < -0.39 is 36.8 Å². The summed E-state index contributed by atoms with van der Waals surface area (Å²) in [6, 6.07) is -1.64. The van der Waals surface area contributed by atoms with Gasteiger partial charge in [0.05, 0.1) is 6.42 Å². The average Bonchev–Trinajstić information content (AvgIpc) is 2.27. The van der Waals surface area contributed by atoms with E-state index in [9.17, 15) is 22.8 Å². The van der Waals surface area contributed by atoms with Gasteiger partial charge in [-0.05, 0) is 0 Å². The summed E-state index contributed by atoms with van der Waals surface area (Å²) in [6.07, 6.45) is -8.88. The minimum absolute atomic E-state index is 1.15. The zero-order valence-corrected chi connectivity index (χ0v) is 6.67. The molecule has 2 atom stereocenters. The van der Waals surface area contributed by atoms with E-state index in [-0.39, 0.29) is 0 Å². The molecule has 0 aromatic heterocycles. The standard InChI is InChI=1S/C6H6F3NO4/c7-6(8,9)1-2-3(4(11)12)10-5(13)14-2/h2-3H,1H2,(H,10,13)(H,11,12)/t2-,3+/m1/s1. The van der Waals surface area contributed by atoms with Crippen molar-refractivity contribution in [2.45, 2.75) is 24.7 Å². The van der Waals surface area contributed by atoms with Gasteiger partial charge in [-0.1, -0.05) is 0 Å². The molecule has 1 heterocycles. The van der Waals surface area contributed by atoms with Gasteiger partial charge in [0.15, 0.2) is 6.04 Å². The first-order valence-electron chi connectivity index (χ1n) is 3.56. The molecule has 0 saturated carbocycles. The maximum absolute atomic E-state index is 11.9. The van der Waals surface area contributed by atoms with Crippen molar-refractivity contribution in [3.05, 3.63) is 0 Å². The largest absolute Gasteiger partial charge is 0.480 e. The van der Waals surface area contributed by atoms with Crippen molar-refractivity contribution >= 4 is 12.1 Å². The predicted molar refractivity (Wildman–Crippen MR) is 35.5 cm³/mol. The van der Waals surface area contributed by atoms with Gasteiger partial charge in [-0.15, -0.1) is 0 Å². The molecule has 1 fully saturated rings. The van der Waals surface area contributed by atoms with E-state index >= 15 is 0 Å². The number of hydrogen-bond donors (Lipinski definition) is 2. The lowest BCUT2D eigenvalue weighted by Gasteiger charge is -2.14. The summed E-state index contributed by atoms with van der Waals surface area (Å²) in [4.78, 5) is 20.9. The number of carbonyl (C=O) groups is 2. The normalized spacial score (nSPS) is 26.9. The van der Waals surface area contributed by atoms with Crippen LogP contribution in [0.1, 0.15) is 6.42 Å². The zero-order valence-electron chi connectivity index (χ0n) is 6.67. The highest BCUT2D eigenvalue weighted by molar-refractivity contribution is 5.83. The van der Waals surface area contributed by atoms with E-state index in [0.29, 0.717) is 0 Å². The minimum Gasteiger partial charge on any atom is -0.480 e. The number of carboxylic acids is 1.